The monoisotopic (exact) mass is 661 g/mol. The smallest absolute Gasteiger partial charge is 0.400 e. The molecule has 4 aromatic rings. The lowest BCUT2D eigenvalue weighted by Gasteiger charge is -2.22. The Bertz CT molecular complexity index is 1660. The van der Waals surface area contributed by atoms with E-state index in [1.54, 1.807) is 6.07 Å². The first-order chi connectivity index (χ1) is 19.6. The Kier molecular flexibility index (Phi) is 10.0. The molecule has 14 heteroatoms. The summed E-state index contributed by atoms with van der Waals surface area (Å²) in [4.78, 5) is 28.6. The first-order valence-electron chi connectivity index (χ1n) is 12.9. The van der Waals surface area contributed by atoms with Crippen molar-refractivity contribution >= 4 is 70.6 Å². The Balaban J connectivity index is 1.66. The average molecular weight is 663 g/mol. The van der Waals surface area contributed by atoms with Gasteiger partial charge in [0.15, 0.2) is 5.76 Å². The number of amides is 1. The number of halogens is 1. The van der Waals surface area contributed by atoms with Crippen LogP contribution < -0.4 is 5.01 Å². The maximum absolute atomic E-state index is 13.7. The van der Waals surface area contributed by atoms with Crippen molar-refractivity contribution < 1.29 is 22.6 Å². The number of aromatic nitrogens is 1. The molecule has 0 unspecified atom stereocenters. The normalized spacial score (nSPS) is 12.0. The molecule has 2 aromatic carbocycles. The summed E-state index contributed by atoms with van der Waals surface area (Å²) in [5.74, 6) is -0.963. The van der Waals surface area contributed by atoms with Gasteiger partial charge in [-0.25, -0.2) is 13.4 Å². The van der Waals surface area contributed by atoms with E-state index in [9.17, 15) is 23.3 Å². The van der Waals surface area contributed by atoms with Gasteiger partial charge in [0.2, 0.25) is 15.2 Å². The van der Waals surface area contributed by atoms with E-state index in [4.69, 9.17) is 4.42 Å². The van der Waals surface area contributed by atoms with Crippen LogP contribution in [-0.2, 0) is 10.0 Å². The Morgan fingerprint density at radius 2 is 1.78 bits per heavy atom. The zero-order chi connectivity index (χ0) is 29.6. The molecule has 2 heterocycles. The van der Waals surface area contributed by atoms with Gasteiger partial charge in [0.25, 0.3) is 5.91 Å². The number of carbonyl (C=O) groups excluding carboxylic acids is 1. The molecule has 0 atom stereocenters. The third-order valence-electron chi connectivity index (χ3n) is 6.07. The third kappa shape index (κ3) is 7.25. The fourth-order valence-corrected chi connectivity index (χ4v) is 6.84. The van der Waals surface area contributed by atoms with Gasteiger partial charge in [-0.1, -0.05) is 54.0 Å². The maximum atomic E-state index is 13.7. The van der Waals surface area contributed by atoms with Crippen LogP contribution >= 0.6 is 27.3 Å². The molecule has 216 valence electrons. The topological polar surface area (TPSA) is 139 Å². The second kappa shape index (κ2) is 13.5. The van der Waals surface area contributed by atoms with Gasteiger partial charge in [-0.15, -0.1) is 0 Å². The Morgan fingerprint density at radius 3 is 2.39 bits per heavy atom. The summed E-state index contributed by atoms with van der Waals surface area (Å²) >= 11 is 4.65. The molecule has 0 bridgehead atoms. The van der Waals surface area contributed by atoms with Gasteiger partial charge in [0.05, 0.1) is 27.4 Å². The molecule has 11 nitrogen and oxygen atoms in total. The number of rotatable bonds is 13. The number of thiazole rings is 1. The number of fused-ring (bicyclic) bond motifs is 1. The molecule has 0 spiro atoms. The van der Waals surface area contributed by atoms with E-state index >= 15 is 0 Å². The Morgan fingerprint density at radius 1 is 1.10 bits per heavy atom. The number of benzene rings is 2. The largest absolute Gasteiger partial charge is 0.433 e. The van der Waals surface area contributed by atoms with E-state index in [1.807, 2.05) is 26.0 Å². The summed E-state index contributed by atoms with van der Waals surface area (Å²) < 4.78 is 35.0. The molecule has 0 N–H and O–H groups in total. The maximum Gasteiger partial charge on any atom is 0.433 e. The highest BCUT2D eigenvalue weighted by Crippen LogP contribution is 2.32. The quantitative estimate of drug-likeness (QED) is 0.0869. The van der Waals surface area contributed by atoms with Crippen molar-refractivity contribution in [3.8, 4) is 0 Å². The summed E-state index contributed by atoms with van der Waals surface area (Å²) in [5.41, 5.74) is 0.830. The van der Waals surface area contributed by atoms with E-state index in [0.717, 1.165) is 39.9 Å². The van der Waals surface area contributed by atoms with Crippen molar-refractivity contribution in [2.45, 2.75) is 44.4 Å². The molecular formula is C27H28BrN5O6S2. The molecule has 0 aliphatic rings. The van der Waals surface area contributed by atoms with Crippen LogP contribution in [0.15, 0.2) is 73.5 Å². The highest BCUT2D eigenvalue weighted by Gasteiger charge is 2.26. The van der Waals surface area contributed by atoms with Crippen molar-refractivity contribution in [3.63, 3.8) is 0 Å². The number of hydrazone groups is 1. The van der Waals surface area contributed by atoms with Crippen molar-refractivity contribution in [2.24, 2.45) is 5.10 Å². The second-order valence-electron chi connectivity index (χ2n) is 9.04. The summed E-state index contributed by atoms with van der Waals surface area (Å²) in [6, 6.07) is 13.8. The second-order valence-corrected chi connectivity index (χ2v) is 12.9. The molecule has 2 aromatic heterocycles. The molecular weight excluding hydrogens is 634 g/mol. The third-order valence-corrected chi connectivity index (χ3v) is 9.47. The van der Waals surface area contributed by atoms with Gasteiger partial charge in [0.1, 0.15) is 4.92 Å². The van der Waals surface area contributed by atoms with Crippen LogP contribution in [0.5, 0.6) is 0 Å². The molecule has 0 radical (unpaired) electrons. The molecule has 41 heavy (non-hydrogen) atoms. The van der Waals surface area contributed by atoms with Crippen molar-refractivity contribution in [2.75, 3.05) is 18.1 Å². The van der Waals surface area contributed by atoms with Gasteiger partial charge in [-0.05, 0) is 61.4 Å². The van der Waals surface area contributed by atoms with Crippen LogP contribution in [0.3, 0.4) is 0 Å². The number of nitro groups is 1. The summed E-state index contributed by atoms with van der Waals surface area (Å²) in [7, 11) is -3.74. The first-order valence-corrected chi connectivity index (χ1v) is 16.0. The standard InChI is InChI=1S/C27H28BrN5O6S2/c1-3-5-15-31(16-6-4-2)41(37,38)22-11-7-19(8-12-22)26(34)32(29-18-21-10-14-25(39-21)33(35)36)27-30-23-13-9-20(28)17-24(23)40-27/h7-14,17-18H,3-6,15-16H2,1-2H3/b29-18+. The predicted molar refractivity (Wildman–Crippen MR) is 162 cm³/mol. The molecule has 0 saturated carbocycles. The summed E-state index contributed by atoms with van der Waals surface area (Å²) in [6.07, 6.45) is 4.44. The summed E-state index contributed by atoms with van der Waals surface area (Å²) in [6.45, 7) is 4.88. The Labute approximate surface area is 249 Å². The fraction of sp³-hybridized carbons (Fsp3) is 0.296. The SMILES string of the molecule is CCCCN(CCCC)S(=O)(=O)c1ccc(C(=O)N(/N=C/c2ccc([N+](=O)[O-])o2)c2nc3ccc(Br)cc3s2)cc1. The Hall–Kier alpha value is -3.46. The minimum Gasteiger partial charge on any atom is -0.400 e. The lowest BCUT2D eigenvalue weighted by atomic mass is 10.2. The van der Waals surface area contributed by atoms with Gasteiger partial charge in [-0.2, -0.15) is 14.4 Å². The number of unbranched alkanes of at least 4 members (excludes halogenated alkanes) is 2. The zero-order valence-electron chi connectivity index (χ0n) is 22.4. The lowest BCUT2D eigenvalue weighted by molar-refractivity contribution is -0.402. The van der Waals surface area contributed by atoms with Crippen LogP contribution in [-0.4, -0.2) is 47.8 Å². The van der Waals surface area contributed by atoms with Gasteiger partial charge >= 0.3 is 5.88 Å². The van der Waals surface area contributed by atoms with Gasteiger partial charge in [-0.3, -0.25) is 14.9 Å². The van der Waals surface area contributed by atoms with Crippen LogP contribution in [0.4, 0.5) is 11.0 Å². The molecule has 0 aliphatic heterocycles. The molecule has 4 rings (SSSR count). The van der Waals surface area contributed by atoms with Crippen LogP contribution in [0.25, 0.3) is 10.2 Å². The van der Waals surface area contributed by atoms with Crippen molar-refractivity contribution in [1.82, 2.24) is 9.29 Å². The number of hydrogen-bond acceptors (Lipinski definition) is 9. The van der Waals surface area contributed by atoms with E-state index in [1.165, 1.54) is 58.3 Å². The highest BCUT2D eigenvalue weighted by atomic mass is 79.9. The minimum atomic E-state index is -3.74. The van der Waals surface area contributed by atoms with E-state index < -0.39 is 26.7 Å². The van der Waals surface area contributed by atoms with Crippen molar-refractivity contribution in [3.05, 3.63) is 80.5 Å². The lowest BCUT2D eigenvalue weighted by Crippen LogP contribution is -2.33. The van der Waals surface area contributed by atoms with Gasteiger partial charge in [0, 0.05) is 23.1 Å². The number of furan rings is 1. The zero-order valence-corrected chi connectivity index (χ0v) is 25.6. The number of carbonyl (C=O) groups is 1. The number of hydrogen-bond donors (Lipinski definition) is 0. The first kappa shape index (κ1) is 30.5. The molecule has 0 aliphatic carbocycles. The van der Waals surface area contributed by atoms with Crippen molar-refractivity contribution in [1.29, 1.82) is 0 Å². The summed E-state index contributed by atoms with van der Waals surface area (Å²) in [5, 5.41) is 16.5. The molecule has 0 fully saturated rings. The molecule has 1 amide bonds. The van der Waals surface area contributed by atoms with E-state index in [0.29, 0.717) is 18.6 Å². The average Bonchev–Trinajstić information content (AvgIpc) is 3.60. The van der Waals surface area contributed by atoms with E-state index in [-0.39, 0.29) is 21.4 Å². The molecule has 0 saturated heterocycles. The fourth-order valence-electron chi connectivity index (χ4n) is 3.85. The van der Waals surface area contributed by atoms with Crippen LogP contribution in [0.1, 0.15) is 55.6 Å². The highest BCUT2D eigenvalue weighted by molar-refractivity contribution is 9.10. The number of anilines is 1. The number of sulfonamides is 1. The van der Waals surface area contributed by atoms with Gasteiger partial charge < -0.3 is 4.42 Å². The number of nitrogens with zero attached hydrogens (tertiary/aromatic N) is 5. The van der Waals surface area contributed by atoms with Crippen LogP contribution in [0.2, 0.25) is 0 Å². The van der Waals surface area contributed by atoms with Crippen LogP contribution in [0, 0.1) is 10.1 Å². The minimum absolute atomic E-state index is 0.0686. The van der Waals surface area contributed by atoms with E-state index in [2.05, 4.69) is 26.0 Å². The predicted octanol–water partition coefficient (Wildman–Crippen LogP) is 6.83.